The van der Waals surface area contributed by atoms with E-state index >= 15 is 0 Å². The number of nitrogens with zero attached hydrogens (tertiary/aromatic N) is 1. The molecule has 0 aliphatic heterocycles. The molecule has 6 aromatic carbocycles. The number of anilines is 3. The number of benzene rings is 6. The van der Waals surface area contributed by atoms with Gasteiger partial charge in [0.2, 0.25) is 0 Å². The average molecular weight is 610 g/mol. The standard InChI is InChI=1S/C45H39NO/c1-43(2)38-26-29(46(28-14-8-7-9-15-28)30-21-23-33-32-16-11-13-19-39(32)47-40(33)27-30)20-22-31(38)34-24-25-37-41(42(34)43)35-17-10-12-18-36(35)44(3,4)45(37,5)6/h7-27H,1-6H3. The lowest BCUT2D eigenvalue weighted by molar-refractivity contribution is 0.298. The molecule has 0 bridgehead atoms. The highest BCUT2D eigenvalue weighted by atomic mass is 16.3. The second-order valence-electron chi connectivity index (χ2n) is 15.0. The van der Waals surface area contributed by atoms with Gasteiger partial charge in [-0.05, 0) is 97.8 Å². The summed E-state index contributed by atoms with van der Waals surface area (Å²) >= 11 is 0. The van der Waals surface area contributed by atoms with Crippen LogP contribution in [0.25, 0.3) is 44.2 Å². The molecule has 0 N–H and O–H groups in total. The van der Waals surface area contributed by atoms with Crippen molar-refractivity contribution in [1.82, 2.24) is 0 Å². The summed E-state index contributed by atoms with van der Waals surface area (Å²) in [6.07, 6.45) is 0. The monoisotopic (exact) mass is 609 g/mol. The lowest BCUT2D eigenvalue weighted by atomic mass is 9.54. The zero-order valence-electron chi connectivity index (χ0n) is 28.0. The predicted molar refractivity (Wildman–Crippen MR) is 197 cm³/mol. The first kappa shape index (κ1) is 28.2. The number of hydrogen-bond donors (Lipinski definition) is 0. The fraction of sp³-hybridized carbons (Fsp3) is 0.200. The van der Waals surface area contributed by atoms with E-state index in [0.29, 0.717) is 0 Å². The molecule has 2 heteroatoms. The summed E-state index contributed by atoms with van der Waals surface area (Å²) < 4.78 is 6.35. The van der Waals surface area contributed by atoms with Crippen LogP contribution in [0.4, 0.5) is 17.1 Å². The van der Waals surface area contributed by atoms with E-state index in [0.717, 1.165) is 39.0 Å². The van der Waals surface area contributed by atoms with Crippen LogP contribution in [0.5, 0.6) is 0 Å². The van der Waals surface area contributed by atoms with Crippen LogP contribution < -0.4 is 4.90 Å². The first-order valence-electron chi connectivity index (χ1n) is 16.8. The maximum atomic E-state index is 6.35. The van der Waals surface area contributed by atoms with Crippen molar-refractivity contribution in [1.29, 1.82) is 0 Å². The highest BCUT2D eigenvalue weighted by Crippen LogP contribution is 2.61. The van der Waals surface area contributed by atoms with Crippen LogP contribution in [0.3, 0.4) is 0 Å². The summed E-state index contributed by atoms with van der Waals surface area (Å²) in [4.78, 5) is 2.36. The molecule has 2 aliphatic rings. The van der Waals surface area contributed by atoms with E-state index in [9.17, 15) is 0 Å². The Morgan fingerprint density at radius 2 is 1.09 bits per heavy atom. The minimum Gasteiger partial charge on any atom is -0.456 e. The first-order valence-corrected chi connectivity index (χ1v) is 16.8. The van der Waals surface area contributed by atoms with Crippen molar-refractivity contribution in [2.75, 3.05) is 4.90 Å². The van der Waals surface area contributed by atoms with Crippen molar-refractivity contribution < 1.29 is 4.42 Å². The van der Waals surface area contributed by atoms with E-state index in [4.69, 9.17) is 4.42 Å². The van der Waals surface area contributed by atoms with Gasteiger partial charge in [-0.2, -0.15) is 0 Å². The second kappa shape index (κ2) is 9.48. The first-order chi connectivity index (χ1) is 22.6. The lowest BCUT2D eigenvalue weighted by Gasteiger charge is -2.49. The van der Waals surface area contributed by atoms with Gasteiger partial charge in [-0.25, -0.2) is 0 Å². The lowest BCUT2D eigenvalue weighted by Crippen LogP contribution is -2.44. The van der Waals surface area contributed by atoms with Crippen molar-refractivity contribution in [3.05, 3.63) is 150 Å². The molecule has 0 atom stereocenters. The Kier molecular flexibility index (Phi) is 5.68. The van der Waals surface area contributed by atoms with Crippen molar-refractivity contribution in [2.24, 2.45) is 0 Å². The predicted octanol–water partition coefficient (Wildman–Crippen LogP) is 12.6. The summed E-state index contributed by atoms with van der Waals surface area (Å²) in [5.41, 5.74) is 16.1. The molecular weight excluding hydrogens is 571 g/mol. The molecule has 1 heterocycles. The van der Waals surface area contributed by atoms with E-state index in [1.54, 1.807) is 0 Å². The maximum Gasteiger partial charge on any atom is 0.137 e. The Morgan fingerprint density at radius 1 is 0.447 bits per heavy atom. The summed E-state index contributed by atoms with van der Waals surface area (Å²) in [7, 11) is 0. The Labute approximate surface area is 277 Å². The van der Waals surface area contributed by atoms with Crippen LogP contribution in [-0.2, 0) is 16.2 Å². The molecule has 0 unspecified atom stereocenters. The summed E-state index contributed by atoms with van der Waals surface area (Å²) in [5.74, 6) is 0. The Balaban J connectivity index is 1.24. The SMILES string of the molecule is CC1(C)c2cc(N(c3ccccc3)c3ccc4c(c3)oc3ccccc34)ccc2-c2ccc3c(c21)-c1ccccc1C(C)(C)C3(C)C. The number of rotatable bonds is 3. The molecule has 0 radical (unpaired) electrons. The van der Waals surface area contributed by atoms with Crippen LogP contribution in [0, 0.1) is 0 Å². The third kappa shape index (κ3) is 3.73. The van der Waals surface area contributed by atoms with Gasteiger partial charge < -0.3 is 9.32 Å². The van der Waals surface area contributed by atoms with Crippen LogP contribution >= 0.6 is 0 Å². The third-order valence-corrected chi connectivity index (χ3v) is 11.8. The van der Waals surface area contributed by atoms with Crippen LogP contribution in [-0.4, -0.2) is 0 Å². The molecule has 9 rings (SSSR count). The molecule has 0 fully saturated rings. The smallest absolute Gasteiger partial charge is 0.137 e. The van der Waals surface area contributed by atoms with Gasteiger partial charge in [0.15, 0.2) is 0 Å². The molecule has 0 saturated heterocycles. The molecule has 0 spiro atoms. The van der Waals surface area contributed by atoms with E-state index in [1.807, 2.05) is 12.1 Å². The van der Waals surface area contributed by atoms with Gasteiger partial charge in [-0.15, -0.1) is 0 Å². The fourth-order valence-electron chi connectivity index (χ4n) is 8.63. The number of fused-ring (bicyclic) bond motifs is 10. The van der Waals surface area contributed by atoms with E-state index < -0.39 is 0 Å². The van der Waals surface area contributed by atoms with Gasteiger partial charge >= 0.3 is 0 Å². The second-order valence-corrected chi connectivity index (χ2v) is 15.0. The topological polar surface area (TPSA) is 16.4 Å². The zero-order valence-corrected chi connectivity index (χ0v) is 28.0. The van der Waals surface area contributed by atoms with E-state index in [2.05, 4.69) is 162 Å². The van der Waals surface area contributed by atoms with Gasteiger partial charge in [-0.3, -0.25) is 0 Å². The molecule has 0 saturated carbocycles. The minimum atomic E-state index is -0.193. The Bertz CT molecular complexity index is 2390. The summed E-state index contributed by atoms with van der Waals surface area (Å²) in [6, 6.07) is 46.6. The number of furan rings is 1. The Morgan fingerprint density at radius 3 is 1.91 bits per heavy atom. The molecule has 47 heavy (non-hydrogen) atoms. The quantitative estimate of drug-likeness (QED) is 0.198. The van der Waals surface area contributed by atoms with Crippen molar-refractivity contribution in [3.63, 3.8) is 0 Å². The van der Waals surface area contributed by atoms with Gasteiger partial charge in [0, 0.05) is 39.3 Å². The van der Waals surface area contributed by atoms with E-state index in [1.165, 1.54) is 44.5 Å². The molecule has 2 nitrogen and oxygen atoms in total. The normalized spacial score (nSPS) is 16.4. The average Bonchev–Trinajstić information content (AvgIpc) is 3.56. The maximum absolute atomic E-state index is 6.35. The van der Waals surface area contributed by atoms with Gasteiger partial charge in [0.05, 0.1) is 0 Å². The van der Waals surface area contributed by atoms with Gasteiger partial charge in [-0.1, -0.05) is 120 Å². The van der Waals surface area contributed by atoms with Gasteiger partial charge in [0.1, 0.15) is 11.2 Å². The Hall–Kier alpha value is -5.08. The fourth-order valence-corrected chi connectivity index (χ4v) is 8.63. The highest BCUT2D eigenvalue weighted by Gasteiger charge is 2.49. The van der Waals surface area contributed by atoms with Crippen molar-refractivity contribution in [3.8, 4) is 22.3 Å². The molecule has 230 valence electrons. The molecule has 2 aliphatic carbocycles. The molecular formula is C45H39NO. The molecule has 1 aromatic heterocycles. The van der Waals surface area contributed by atoms with Gasteiger partial charge in [0.25, 0.3) is 0 Å². The largest absolute Gasteiger partial charge is 0.456 e. The van der Waals surface area contributed by atoms with Crippen molar-refractivity contribution >= 4 is 39.0 Å². The molecule has 7 aromatic rings. The van der Waals surface area contributed by atoms with Crippen LogP contribution in [0.2, 0.25) is 0 Å². The minimum absolute atomic E-state index is 0.00469. The summed E-state index contributed by atoms with van der Waals surface area (Å²) in [6.45, 7) is 14.5. The molecule has 0 amide bonds. The highest BCUT2D eigenvalue weighted by molar-refractivity contribution is 6.06. The van der Waals surface area contributed by atoms with Crippen LogP contribution in [0.1, 0.15) is 63.8 Å². The zero-order chi connectivity index (χ0) is 32.3. The van der Waals surface area contributed by atoms with Crippen molar-refractivity contribution in [2.45, 2.75) is 57.8 Å². The summed E-state index contributed by atoms with van der Waals surface area (Å²) in [5, 5.41) is 2.29. The number of para-hydroxylation sites is 2. The third-order valence-electron chi connectivity index (χ3n) is 11.8. The number of hydrogen-bond acceptors (Lipinski definition) is 2. The van der Waals surface area contributed by atoms with E-state index in [-0.39, 0.29) is 16.2 Å². The van der Waals surface area contributed by atoms with Crippen LogP contribution in [0.15, 0.2) is 132 Å².